The van der Waals surface area contributed by atoms with Crippen LogP contribution in [0.25, 0.3) is 0 Å². The van der Waals surface area contributed by atoms with E-state index in [0.29, 0.717) is 53.0 Å². The number of carbonyl (C=O) groups is 1. The Bertz CT molecular complexity index is 992. The molecule has 2 aliphatic heterocycles. The number of nitrogens with zero attached hydrogens (tertiary/aromatic N) is 1. The van der Waals surface area contributed by atoms with Crippen molar-refractivity contribution in [2.24, 2.45) is 0 Å². The maximum Gasteiger partial charge on any atom is 0.252 e. The van der Waals surface area contributed by atoms with Gasteiger partial charge < -0.3 is 14.2 Å². The Morgan fingerprint density at radius 1 is 1.14 bits per heavy atom. The summed E-state index contributed by atoms with van der Waals surface area (Å²) in [6.45, 7) is 0.601. The zero-order valence-corrected chi connectivity index (χ0v) is 17.3. The monoisotopic (exact) mass is 423 g/mol. The predicted octanol–water partition coefficient (Wildman–Crippen LogP) is 2.95. The Hall–Kier alpha value is -2.10. The smallest absolute Gasteiger partial charge is 0.252 e. The van der Waals surface area contributed by atoms with Crippen molar-refractivity contribution in [1.29, 1.82) is 0 Å². The van der Waals surface area contributed by atoms with Gasteiger partial charge in [0, 0.05) is 25.9 Å². The van der Waals surface area contributed by atoms with Gasteiger partial charge in [-0.1, -0.05) is 6.07 Å². The van der Waals surface area contributed by atoms with Crippen LogP contribution in [0.1, 0.15) is 29.6 Å². The highest BCUT2D eigenvalue weighted by atomic mass is 32.2. The Morgan fingerprint density at radius 3 is 2.50 bits per heavy atom. The van der Waals surface area contributed by atoms with Crippen molar-refractivity contribution in [3.05, 3.63) is 35.2 Å². The molecule has 2 aliphatic rings. The van der Waals surface area contributed by atoms with E-state index in [0.717, 1.165) is 0 Å². The van der Waals surface area contributed by atoms with Gasteiger partial charge in [-0.05, 0) is 23.6 Å². The van der Waals surface area contributed by atoms with Crippen LogP contribution >= 0.6 is 11.3 Å². The Labute approximate surface area is 167 Å². The second-order valence-corrected chi connectivity index (χ2v) is 10.0. The molecule has 0 unspecified atom stereocenters. The number of ether oxygens (including phenoxy) is 3. The molecule has 1 saturated heterocycles. The number of sulfonamides is 1. The first-order valence-corrected chi connectivity index (χ1v) is 11.2. The van der Waals surface area contributed by atoms with Gasteiger partial charge in [-0.3, -0.25) is 4.79 Å². The van der Waals surface area contributed by atoms with Crippen LogP contribution in [0, 0.1) is 0 Å². The summed E-state index contributed by atoms with van der Waals surface area (Å²) >= 11 is 1.21. The second-order valence-electron chi connectivity index (χ2n) is 6.90. The summed E-state index contributed by atoms with van der Waals surface area (Å²) in [5.74, 6) is 1.23. The second kappa shape index (κ2) is 7.06. The molecule has 28 heavy (non-hydrogen) atoms. The van der Waals surface area contributed by atoms with Gasteiger partial charge in [-0.25, -0.2) is 8.42 Å². The van der Waals surface area contributed by atoms with E-state index in [1.807, 2.05) is 0 Å². The highest BCUT2D eigenvalue weighted by Crippen LogP contribution is 2.48. The van der Waals surface area contributed by atoms with E-state index in [1.165, 1.54) is 29.9 Å². The topological polar surface area (TPSA) is 82.1 Å². The van der Waals surface area contributed by atoms with Crippen LogP contribution in [-0.2, 0) is 10.0 Å². The Morgan fingerprint density at radius 2 is 1.89 bits per heavy atom. The SMILES string of the molecule is COc1ccc2c(c1OC)OC1(CCN(S(=O)(=O)c3cccs3)CC1)CC2=O. The van der Waals surface area contributed by atoms with Crippen LogP contribution < -0.4 is 14.2 Å². The van der Waals surface area contributed by atoms with Crippen molar-refractivity contribution in [3.63, 3.8) is 0 Å². The average Bonchev–Trinajstić information content (AvgIpc) is 3.23. The molecule has 0 atom stereocenters. The molecule has 4 rings (SSSR count). The maximum atomic E-state index is 12.8. The lowest BCUT2D eigenvalue weighted by molar-refractivity contribution is 0.00379. The van der Waals surface area contributed by atoms with Gasteiger partial charge in [-0.15, -0.1) is 11.3 Å². The van der Waals surface area contributed by atoms with Crippen molar-refractivity contribution < 1.29 is 27.4 Å². The number of Topliss-reactive ketones (excluding diaryl/α,β-unsaturated/α-hetero) is 1. The number of benzene rings is 1. The lowest BCUT2D eigenvalue weighted by Crippen LogP contribution is -2.52. The van der Waals surface area contributed by atoms with Gasteiger partial charge in [0.05, 0.1) is 26.2 Å². The van der Waals surface area contributed by atoms with Crippen LogP contribution in [0.4, 0.5) is 0 Å². The highest BCUT2D eigenvalue weighted by molar-refractivity contribution is 7.91. The van der Waals surface area contributed by atoms with Gasteiger partial charge in [0.2, 0.25) is 5.75 Å². The minimum atomic E-state index is -3.50. The molecule has 2 aromatic rings. The minimum absolute atomic E-state index is 0.0308. The molecule has 1 aromatic heterocycles. The lowest BCUT2D eigenvalue weighted by Gasteiger charge is -2.43. The third-order valence-electron chi connectivity index (χ3n) is 5.32. The Kier molecular flexibility index (Phi) is 4.84. The number of hydrogen-bond donors (Lipinski definition) is 0. The molecule has 0 N–H and O–H groups in total. The number of piperidine rings is 1. The molecule has 0 radical (unpaired) electrons. The van der Waals surface area contributed by atoms with Gasteiger partial charge in [-0.2, -0.15) is 4.31 Å². The molecule has 0 amide bonds. The highest BCUT2D eigenvalue weighted by Gasteiger charge is 2.46. The normalized spacial score (nSPS) is 19.1. The number of hydrogen-bond acceptors (Lipinski definition) is 7. The summed E-state index contributed by atoms with van der Waals surface area (Å²) in [6.07, 6.45) is 1.09. The van der Waals surface area contributed by atoms with E-state index in [9.17, 15) is 13.2 Å². The molecular formula is C19H21NO6S2. The zero-order valence-electron chi connectivity index (χ0n) is 15.6. The fourth-order valence-corrected chi connectivity index (χ4v) is 6.40. The van der Waals surface area contributed by atoms with E-state index in [-0.39, 0.29) is 12.2 Å². The van der Waals surface area contributed by atoms with E-state index in [1.54, 1.807) is 29.6 Å². The summed E-state index contributed by atoms with van der Waals surface area (Å²) in [5.41, 5.74) is -0.262. The number of thiophene rings is 1. The van der Waals surface area contributed by atoms with Crippen molar-refractivity contribution in [3.8, 4) is 17.2 Å². The number of rotatable bonds is 4. The average molecular weight is 424 g/mol. The molecule has 1 spiro atoms. The third kappa shape index (κ3) is 3.07. The number of methoxy groups -OCH3 is 2. The molecule has 9 heteroatoms. The molecular weight excluding hydrogens is 402 g/mol. The summed E-state index contributed by atoms with van der Waals surface area (Å²) in [4.78, 5) is 12.8. The number of fused-ring (bicyclic) bond motifs is 1. The first-order chi connectivity index (χ1) is 13.4. The molecule has 1 aromatic carbocycles. The van der Waals surface area contributed by atoms with E-state index < -0.39 is 15.6 Å². The van der Waals surface area contributed by atoms with E-state index in [4.69, 9.17) is 14.2 Å². The van der Waals surface area contributed by atoms with Crippen LogP contribution in [0.15, 0.2) is 33.9 Å². The number of carbonyl (C=O) groups excluding carboxylic acids is 1. The summed E-state index contributed by atoms with van der Waals surface area (Å²) < 4.78 is 44.4. The van der Waals surface area contributed by atoms with Crippen molar-refractivity contribution >= 4 is 27.1 Å². The molecule has 0 bridgehead atoms. The fraction of sp³-hybridized carbons (Fsp3) is 0.421. The van der Waals surface area contributed by atoms with Crippen LogP contribution in [0.3, 0.4) is 0 Å². The van der Waals surface area contributed by atoms with Crippen LogP contribution in [0.2, 0.25) is 0 Å². The minimum Gasteiger partial charge on any atom is -0.493 e. The maximum absolute atomic E-state index is 12.8. The van der Waals surface area contributed by atoms with Crippen molar-refractivity contribution in [2.75, 3.05) is 27.3 Å². The molecule has 0 aliphatic carbocycles. The fourth-order valence-electron chi connectivity index (χ4n) is 3.81. The third-order valence-corrected chi connectivity index (χ3v) is 8.60. The van der Waals surface area contributed by atoms with E-state index >= 15 is 0 Å². The van der Waals surface area contributed by atoms with Gasteiger partial charge >= 0.3 is 0 Å². The number of ketones is 1. The van der Waals surface area contributed by atoms with Crippen LogP contribution in [0.5, 0.6) is 17.2 Å². The standard InChI is InChI=1S/C19H21NO6S2/c1-24-15-6-5-13-14(21)12-19(26-17(13)18(15)25-2)7-9-20(10-8-19)28(22,23)16-4-3-11-27-16/h3-6,11H,7-10,12H2,1-2H3. The predicted molar refractivity (Wildman–Crippen MR) is 104 cm³/mol. The van der Waals surface area contributed by atoms with Gasteiger partial charge in [0.15, 0.2) is 17.3 Å². The first-order valence-electron chi connectivity index (χ1n) is 8.91. The molecule has 0 saturated carbocycles. The summed E-state index contributed by atoms with van der Waals surface area (Å²) in [7, 11) is -0.475. The largest absolute Gasteiger partial charge is 0.493 e. The Balaban J connectivity index is 1.60. The summed E-state index contributed by atoms with van der Waals surface area (Å²) in [6, 6.07) is 6.70. The molecule has 3 heterocycles. The lowest BCUT2D eigenvalue weighted by atomic mass is 9.83. The quantitative estimate of drug-likeness (QED) is 0.752. The molecule has 7 nitrogen and oxygen atoms in total. The van der Waals surface area contributed by atoms with E-state index in [2.05, 4.69) is 0 Å². The first kappa shape index (κ1) is 19.2. The van der Waals surface area contributed by atoms with Gasteiger partial charge in [0.25, 0.3) is 10.0 Å². The van der Waals surface area contributed by atoms with Gasteiger partial charge in [0.1, 0.15) is 9.81 Å². The molecule has 1 fully saturated rings. The molecule has 150 valence electrons. The van der Waals surface area contributed by atoms with Crippen molar-refractivity contribution in [2.45, 2.75) is 29.1 Å². The van der Waals surface area contributed by atoms with Crippen molar-refractivity contribution in [1.82, 2.24) is 4.31 Å². The summed E-state index contributed by atoms with van der Waals surface area (Å²) in [5, 5.41) is 1.75. The van der Waals surface area contributed by atoms with Crippen LogP contribution in [-0.4, -0.2) is 51.4 Å². The zero-order chi connectivity index (χ0) is 19.9.